The van der Waals surface area contributed by atoms with E-state index in [9.17, 15) is 13.2 Å². The first kappa shape index (κ1) is 20.0. The monoisotopic (exact) mass is 415 g/mol. The van der Waals surface area contributed by atoms with E-state index in [1.165, 1.54) is 36.0 Å². The fourth-order valence-electron chi connectivity index (χ4n) is 2.59. The lowest BCUT2D eigenvalue weighted by Gasteiger charge is -2.07. The smallest absolute Gasteiger partial charge is 0.263 e. The molecule has 2 aromatic carbocycles. The average molecular weight is 416 g/mol. The molecule has 3 aromatic rings. The van der Waals surface area contributed by atoms with E-state index in [1.807, 2.05) is 17.5 Å². The Morgan fingerprint density at radius 3 is 2.25 bits per heavy atom. The number of anilines is 2. The van der Waals surface area contributed by atoms with Gasteiger partial charge in [0.1, 0.15) is 0 Å². The first-order chi connectivity index (χ1) is 13.2. The maximum atomic E-state index is 12.6. The third kappa shape index (κ3) is 4.76. The molecule has 1 amide bonds. The molecule has 0 bridgehead atoms. The Balaban J connectivity index is 1.75. The third-order valence-electron chi connectivity index (χ3n) is 4.08. The Hall–Kier alpha value is -2.71. The number of thiazole rings is 1. The number of sulfonamides is 1. The molecule has 2 N–H and O–H groups in total. The fourth-order valence-corrected chi connectivity index (χ4v) is 4.56. The van der Waals surface area contributed by atoms with Crippen LogP contribution in [0.1, 0.15) is 32.3 Å². The fraction of sp³-hybridized carbons (Fsp3) is 0.200. The molecular formula is C20H21N3O3S2. The minimum atomic E-state index is -3.76. The Bertz CT molecular complexity index is 1070. The molecule has 1 heterocycles. The number of hydrogen-bond donors (Lipinski definition) is 2. The quantitative estimate of drug-likeness (QED) is 0.611. The van der Waals surface area contributed by atoms with Crippen LogP contribution >= 0.6 is 11.3 Å². The van der Waals surface area contributed by atoms with Gasteiger partial charge in [-0.2, -0.15) is 0 Å². The van der Waals surface area contributed by atoms with Crippen LogP contribution in [-0.2, 0) is 14.8 Å². The summed E-state index contributed by atoms with van der Waals surface area (Å²) in [6.07, 6.45) is 0. The molecule has 0 aliphatic heterocycles. The number of carbonyl (C=O) groups is 1. The van der Waals surface area contributed by atoms with E-state index in [2.05, 4.69) is 41.0 Å². The normalized spacial score (nSPS) is 11.4. The molecule has 0 fully saturated rings. The largest absolute Gasteiger partial charge is 0.326 e. The summed E-state index contributed by atoms with van der Waals surface area (Å²) < 4.78 is 27.6. The van der Waals surface area contributed by atoms with Gasteiger partial charge in [0.2, 0.25) is 5.91 Å². The summed E-state index contributed by atoms with van der Waals surface area (Å²) in [5, 5.41) is 4.72. The van der Waals surface area contributed by atoms with Gasteiger partial charge in [-0.25, -0.2) is 13.4 Å². The molecule has 0 atom stereocenters. The second kappa shape index (κ2) is 8.12. The number of hydrogen-bond acceptors (Lipinski definition) is 5. The second-order valence-corrected chi connectivity index (χ2v) is 9.17. The zero-order chi connectivity index (χ0) is 20.3. The first-order valence-electron chi connectivity index (χ1n) is 8.71. The van der Waals surface area contributed by atoms with Crippen LogP contribution in [0, 0.1) is 0 Å². The first-order valence-corrected chi connectivity index (χ1v) is 11.1. The van der Waals surface area contributed by atoms with Gasteiger partial charge in [0.15, 0.2) is 5.13 Å². The number of rotatable bonds is 6. The number of carbonyl (C=O) groups excluding carboxylic acids is 1. The molecule has 8 heteroatoms. The summed E-state index contributed by atoms with van der Waals surface area (Å²) in [7, 11) is -3.76. The highest BCUT2D eigenvalue weighted by atomic mass is 32.2. The minimum absolute atomic E-state index is 0.0969. The van der Waals surface area contributed by atoms with Crippen molar-refractivity contribution >= 4 is 38.1 Å². The van der Waals surface area contributed by atoms with Crippen LogP contribution in [0.25, 0.3) is 11.3 Å². The van der Waals surface area contributed by atoms with Crippen molar-refractivity contribution in [3.05, 3.63) is 59.5 Å². The zero-order valence-corrected chi connectivity index (χ0v) is 17.4. The van der Waals surface area contributed by atoms with E-state index < -0.39 is 10.0 Å². The highest BCUT2D eigenvalue weighted by molar-refractivity contribution is 7.93. The lowest BCUT2D eigenvalue weighted by molar-refractivity contribution is -0.114. The van der Waals surface area contributed by atoms with Gasteiger partial charge in [0.05, 0.1) is 10.6 Å². The van der Waals surface area contributed by atoms with Gasteiger partial charge < -0.3 is 5.32 Å². The van der Waals surface area contributed by atoms with E-state index in [0.29, 0.717) is 16.7 Å². The predicted octanol–water partition coefficient (Wildman–Crippen LogP) is 4.69. The summed E-state index contributed by atoms with van der Waals surface area (Å²) in [6, 6.07) is 14.0. The van der Waals surface area contributed by atoms with E-state index in [1.54, 1.807) is 12.1 Å². The summed E-state index contributed by atoms with van der Waals surface area (Å²) in [4.78, 5) is 15.5. The van der Waals surface area contributed by atoms with Crippen LogP contribution in [0.3, 0.4) is 0 Å². The number of amides is 1. The molecule has 146 valence electrons. The standard InChI is InChI=1S/C20H21N3O3S2/c1-13(2)15-4-6-16(7-5-15)19-12-27-20(22-19)23-28(25,26)18-10-8-17(9-11-18)21-14(3)24/h4-13H,1-3H3,(H,21,24)(H,22,23). The van der Waals surface area contributed by atoms with Crippen molar-refractivity contribution < 1.29 is 13.2 Å². The number of nitrogens with one attached hydrogen (secondary N) is 2. The van der Waals surface area contributed by atoms with Crippen LogP contribution in [0.5, 0.6) is 0 Å². The molecule has 3 rings (SSSR count). The Labute approximate surface area is 168 Å². The molecule has 0 radical (unpaired) electrons. The second-order valence-electron chi connectivity index (χ2n) is 6.63. The molecule has 0 saturated carbocycles. The molecule has 0 aliphatic carbocycles. The van der Waals surface area contributed by atoms with Crippen LogP contribution < -0.4 is 10.0 Å². The van der Waals surface area contributed by atoms with Gasteiger partial charge in [-0.15, -0.1) is 11.3 Å². The summed E-state index contributed by atoms with van der Waals surface area (Å²) in [5.41, 5.74) is 3.43. The molecule has 0 unspecified atom stereocenters. The predicted molar refractivity (Wildman–Crippen MR) is 113 cm³/mol. The molecule has 6 nitrogen and oxygen atoms in total. The highest BCUT2D eigenvalue weighted by Crippen LogP contribution is 2.28. The van der Waals surface area contributed by atoms with Gasteiger partial charge in [0.25, 0.3) is 10.0 Å². The molecular weight excluding hydrogens is 394 g/mol. The average Bonchev–Trinajstić information content (AvgIpc) is 3.09. The number of aromatic nitrogens is 1. The van der Waals surface area contributed by atoms with Gasteiger partial charge >= 0.3 is 0 Å². The van der Waals surface area contributed by atoms with Crippen molar-refractivity contribution in [2.45, 2.75) is 31.6 Å². The van der Waals surface area contributed by atoms with Crippen LogP contribution in [0.15, 0.2) is 58.8 Å². The lowest BCUT2D eigenvalue weighted by atomic mass is 10.0. The van der Waals surface area contributed by atoms with Crippen LogP contribution in [-0.4, -0.2) is 19.3 Å². The van der Waals surface area contributed by atoms with Crippen molar-refractivity contribution in [3.8, 4) is 11.3 Å². The minimum Gasteiger partial charge on any atom is -0.326 e. The van der Waals surface area contributed by atoms with Gasteiger partial charge in [-0.05, 0) is 35.7 Å². The third-order valence-corrected chi connectivity index (χ3v) is 6.33. The Kier molecular flexibility index (Phi) is 5.81. The van der Waals surface area contributed by atoms with E-state index in [0.717, 1.165) is 11.3 Å². The van der Waals surface area contributed by atoms with E-state index in [-0.39, 0.29) is 10.8 Å². The molecule has 1 aromatic heterocycles. The van der Waals surface area contributed by atoms with Crippen molar-refractivity contribution in [3.63, 3.8) is 0 Å². The Morgan fingerprint density at radius 2 is 1.68 bits per heavy atom. The highest BCUT2D eigenvalue weighted by Gasteiger charge is 2.16. The molecule has 0 saturated heterocycles. The maximum Gasteiger partial charge on any atom is 0.263 e. The lowest BCUT2D eigenvalue weighted by Crippen LogP contribution is -2.13. The van der Waals surface area contributed by atoms with Crippen molar-refractivity contribution in [1.82, 2.24) is 4.98 Å². The van der Waals surface area contributed by atoms with Crippen molar-refractivity contribution in [1.29, 1.82) is 0 Å². The van der Waals surface area contributed by atoms with Crippen LogP contribution in [0.4, 0.5) is 10.8 Å². The number of nitrogens with zero attached hydrogens (tertiary/aromatic N) is 1. The van der Waals surface area contributed by atoms with Crippen molar-refractivity contribution in [2.75, 3.05) is 10.0 Å². The van der Waals surface area contributed by atoms with E-state index >= 15 is 0 Å². The molecule has 28 heavy (non-hydrogen) atoms. The molecule has 0 aliphatic rings. The van der Waals surface area contributed by atoms with Crippen molar-refractivity contribution in [2.24, 2.45) is 0 Å². The summed E-state index contributed by atoms with van der Waals surface area (Å²) in [6.45, 7) is 5.66. The SMILES string of the molecule is CC(=O)Nc1ccc(S(=O)(=O)Nc2nc(-c3ccc(C(C)C)cc3)cs2)cc1. The molecule has 0 spiro atoms. The van der Waals surface area contributed by atoms with Crippen LogP contribution in [0.2, 0.25) is 0 Å². The van der Waals surface area contributed by atoms with Gasteiger partial charge in [-0.1, -0.05) is 38.1 Å². The number of benzene rings is 2. The summed E-state index contributed by atoms with van der Waals surface area (Å²) >= 11 is 1.23. The van der Waals surface area contributed by atoms with E-state index in [4.69, 9.17) is 0 Å². The zero-order valence-electron chi connectivity index (χ0n) is 15.8. The Morgan fingerprint density at radius 1 is 1.04 bits per heavy atom. The topological polar surface area (TPSA) is 88.2 Å². The van der Waals surface area contributed by atoms with Gasteiger partial charge in [0, 0.05) is 23.6 Å². The maximum absolute atomic E-state index is 12.6. The van der Waals surface area contributed by atoms with Gasteiger partial charge in [-0.3, -0.25) is 9.52 Å². The summed E-state index contributed by atoms with van der Waals surface area (Å²) in [5.74, 6) is 0.231.